The molecule has 0 fully saturated rings. The predicted molar refractivity (Wildman–Crippen MR) is 137 cm³/mol. The molecule has 0 unspecified atom stereocenters. The lowest BCUT2D eigenvalue weighted by Gasteiger charge is -2.18. The summed E-state index contributed by atoms with van der Waals surface area (Å²) in [5, 5.41) is 4.97. The molecular formula is C27H26BrO2P. The van der Waals surface area contributed by atoms with Crippen LogP contribution in [0.4, 0.5) is 0 Å². The van der Waals surface area contributed by atoms with Crippen molar-refractivity contribution in [2.75, 3.05) is 14.2 Å². The molecule has 2 nitrogen and oxygen atoms in total. The van der Waals surface area contributed by atoms with Crippen LogP contribution in [0.3, 0.4) is 0 Å². The lowest BCUT2D eigenvalue weighted by atomic mass is 10.2. The van der Waals surface area contributed by atoms with Crippen LogP contribution in [0.25, 0.3) is 0 Å². The van der Waals surface area contributed by atoms with Crippen molar-refractivity contribution in [1.29, 1.82) is 0 Å². The zero-order valence-corrected chi connectivity index (χ0v) is 20.2. The van der Waals surface area contributed by atoms with Gasteiger partial charge in [0.05, 0.1) is 14.2 Å². The second-order valence-corrected chi connectivity index (χ2v) is 9.41. The summed E-state index contributed by atoms with van der Waals surface area (Å²) in [5.41, 5.74) is 1.09. The summed E-state index contributed by atoms with van der Waals surface area (Å²) >= 11 is 3.38. The van der Waals surface area contributed by atoms with Gasteiger partial charge in [-0.2, -0.15) is 0 Å². The molecule has 0 aliphatic rings. The summed E-state index contributed by atoms with van der Waals surface area (Å²) < 4.78 is 10.3. The molecule has 0 aromatic heterocycles. The largest absolute Gasteiger partial charge is 0.493 e. The van der Waals surface area contributed by atoms with Gasteiger partial charge in [0.1, 0.15) is 0 Å². The van der Waals surface area contributed by atoms with E-state index in [4.69, 9.17) is 9.47 Å². The number of ether oxygens (including phenoxy) is 2. The first-order valence-corrected chi connectivity index (χ1v) is 12.5. The monoisotopic (exact) mass is 492 g/mol. The molecule has 0 N–H and O–H groups in total. The quantitative estimate of drug-likeness (QED) is 0.241. The first-order valence-electron chi connectivity index (χ1n) is 9.99. The maximum Gasteiger partial charge on any atom is 0.164 e. The Morgan fingerprint density at radius 3 is 1.39 bits per heavy atom. The average molecular weight is 493 g/mol. The van der Waals surface area contributed by atoms with Gasteiger partial charge >= 0.3 is 0 Å². The fourth-order valence-electron chi connectivity index (χ4n) is 3.24. The van der Waals surface area contributed by atoms with Crippen LogP contribution < -0.4 is 25.4 Å². The normalized spacial score (nSPS) is 10.2. The van der Waals surface area contributed by atoms with Crippen LogP contribution in [0, 0.1) is 0 Å². The minimum absolute atomic E-state index is 0.446. The zero-order valence-electron chi connectivity index (χ0n) is 17.7. The van der Waals surface area contributed by atoms with E-state index in [1.165, 1.54) is 15.9 Å². The highest BCUT2D eigenvalue weighted by molar-refractivity contribution is 9.08. The highest BCUT2D eigenvalue weighted by atomic mass is 79.9. The third-order valence-corrected chi connectivity index (χ3v) is 7.72. The summed E-state index contributed by atoms with van der Waals surface area (Å²) in [4.78, 5) is 0. The molecule has 0 heterocycles. The van der Waals surface area contributed by atoms with Gasteiger partial charge < -0.3 is 9.47 Å². The third-order valence-electron chi connectivity index (χ3n) is 4.67. The fraction of sp³-hybridized carbons (Fsp3) is 0.111. The van der Waals surface area contributed by atoms with Gasteiger partial charge in [-0.1, -0.05) is 119 Å². The maximum absolute atomic E-state index is 5.20. The molecule has 0 radical (unpaired) electrons. The SMILES string of the molecule is COc1cccc(CBr)c1OC.c1ccc(P(c2ccccc2)c2ccccc2)cc1. The number of benzene rings is 4. The number of hydrogen-bond acceptors (Lipinski definition) is 2. The van der Waals surface area contributed by atoms with E-state index in [9.17, 15) is 0 Å². The molecule has 4 heteroatoms. The van der Waals surface area contributed by atoms with E-state index in [0.29, 0.717) is 0 Å². The van der Waals surface area contributed by atoms with E-state index in [-0.39, 0.29) is 0 Å². The van der Waals surface area contributed by atoms with Crippen LogP contribution in [0.5, 0.6) is 11.5 Å². The third kappa shape index (κ3) is 6.19. The highest BCUT2D eigenvalue weighted by Gasteiger charge is 2.15. The molecule has 4 aromatic carbocycles. The number of alkyl halides is 1. The van der Waals surface area contributed by atoms with Gasteiger partial charge in [0.15, 0.2) is 11.5 Å². The minimum atomic E-state index is -0.446. The van der Waals surface area contributed by atoms with E-state index in [1.807, 2.05) is 18.2 Å². The smallest absolute Gasteiger partial charge is 0.164 e. The lowest BCUT2D eigenvalue weighted by molar-refractivity contribution is 0.353. The summed E-state index contributed by atoms with van der Waals surface area (Å²) in [7, 11) is 2.83. The summed E-state index contributed by atoms with van der Waals surface area (Å²) in [5.74, 6) is 1.58. The molecular weight excluding hydrogens is 467 g/mol. The first kappa shape index (κ1) is 23.1. The number of para-hydroxylation sites is 1. The lowest BCUT2D eigenvalue weighted by Crippen LogP contribution is -2.20. The van der Waals surface area contributed by atoms with Crippen molar-refractivity contribution in [2.24, 2.45) is 0 Å². The van der Waals surface area contributed by atoms with Gasteiger partial charge in [-0.05, 0) is 29.9 Å². The predicted octanol–water partition coefficient (Wildman–Crippen LogP) is 6.04. The molecule has 31 heavy (non-hydrogen) atoms. The van der Waals surface area contributed by atoms with Crippen LogP contribution in [0.15, 0.2) is 109 Å². The Morgan fingerprint density at radius 2 is 1.03 bits per heavy atom. The standard InChI is InChI=1S/C18H15P.C9H11BrO2/c1-4-10-16(11-5-1)19(17-12-6-2-7-13-17)18-14-8-3-9-15-18;1-11-8-5-3-4-7(6-10)9(8)12-2/h1-15H;3-5H,6H2,1-2H3. The minimum Gasteiger partial charge on any atom is -0.493 e. The second kappa shape index (κ2) is 12.3. The fourth-order valence-corrected chi connectivity index (χ4v) is 5.98. The van der Waals surface area contributed by atoms with Crippen molar-refractivity contribution >= 4 is 39.8 Å². The van der Waals surface area contributed by atoms with Gasteiger partial charge in [-0.3, -0.25) is 0 Å². The first-order chi connectivity index (χ1) is 15.3. The number of hydrogen-bond donors (Lipinski definition) is 0. The van der Waals surface area contributed by atoms with E-state index >= 15 is 0 Å². The van der Waals surface area contributed by atoms with Crippen molar-refractivity contribution in [3.8, 4) is 11.5 Å². The Kier molecular flexibility index (Phi) is 9.15. The number of halogens is 1. The van der Waals surface area contributed by atoms with Crippen molar-refractivity contribution in [3.63, 3.8) is 0 Å². The van der Waals surface area contributed by atoms with Gasteiger partial charge in [-0.15, -0.1) is 0 Å². The van der Waals surface area contributed by atoms with Crippen molar-refractivity contribution < 1.29 is 9.47 Å². The van der Waals surface area contributed by atoms with Crippen LogP contribution in [-0.2, 0) is 5.33 Å². The van der Waals surface area contributed by atoms with Crippen LogP contribution >= 0.6 is 23.9 Å². The van der Waals surface area contributed by atoms with Crippen LogP contribution in [-0.4, -0.2) is 14.2 Å². The Hall–Kier alpha value is -2.61. The van der Waals surface area contributed by atoms with E-state index in [1.54, 1.807) is 14.2 Å². The summed E-state index contributed by atoms with van der Waals surface area (Å²) in [6.45, 7) is 0. The van der Waals surface area contributed by atoms with Gasteiger partial charge in [0, 0.05) is 10.9 Å². The van der Waals surface area contributed by atoms with Crippen molar-refractivity contribution in [2.45, 2.75) is 5.33 Å². The van der Waals surface area contributed by atoms with Gasteiger partial charge in [0.2, 0.25) is 0 Å². The zero-order chi connectivity index (χ0) is 21.9. The molecule has 0 aliphatic heterocycles. The van der Waals surface area contributed by atoms with E-state index in [2.05, 4.69) is 107 Å². The van der Waals surface area contributed by atoms with Gasteiger partial charge in [0.25, 0.3) is 0 Å². The second-order valence-electron chi connectivity index (χ2n) is 6.63. The van der Waals surface area contributed by atoms with Crippen LogP contribution in [0.1, 0.15) is 5.56 Å². The molecule has 4 aromatic rings. The topological polar surface area (TPSA) is 18.5 Å². The molecule has 0 saturated carbocycles. The average Bonchev–Trinajstić information content (AvgIpc) is 2.86. The molecule has 0 aliphatic carbocycles. The maximum atomic E-state index is 5.20. The number of methoxy groups -OCH3 is 2. The van der Waals surface area contributed by atoms with E-state index < -0.39 is 7.92 Å². The molecule has 0 atom stereocenters. The number of rotatable bonds is 6. The summed E-state index contributed by atoms with van der Waals surface area (Å²) in [6.07, 6.45) is 0. The Balaban J connectivity index is 0.000000196. The summed E-state index contributed by atoms with van der Waals surface area (Å²) in [6, 6.07) is 38.1. The van der Waals surface area contributed by atoms with Crippen LogP contribution in [0.2, 0.25) is 0 Å². The Bertz CT molecular complexity index is 924. The van der Waals surface area contributed by atoms with E-state index in [0.717, 1.165) is 22.4 Å². The Morgan fingerprint density at radius 1 is 0.581 bits per heavy atom. The molecule has 158 valence electrons. The Labute approximate surface area is 194 Å². The molecule has 4 rings (SSSR count). The van der Waals surface area contributed by atoms with Crippen molar-refractivity contribution in [3.05, 3.63) is 115 Å². The van der Waals surface area contributed by atoms with Gasteiger partial charge in [-0.25, -0.2) is 0 Å². The molecule has 0 saturated heterocycles. The molecule has 0 spiro atoms. The highest BCUT2D eigenvalue weighted by Crippen LogP contribution is 2.32. The molecule has 0 bridgehead atoms. The van der Waals surface area contributed by atoms with Crippen molar-refractivity contribution in [1.82, 2.24) is 0 Å². The molecule has 0 amide bonds.